The SMILES string of the molecule is O=C([O-])c1cccc2ccccc12.O=C([O-])c1cccc2ccccc12.[Ni+2]. The monoisotopic (exact) mass is 400 g/mol. The van der Waals surface area contributed by atoms with Crippen molar-refractivity contribution in [2.75, 3.05) is 0 Å². The number of rotatable bonds is 2. The summed E-state index contributed by atoms with van der Waals surface area (Å²) in [6.45, 7) is 0. The van der Waals surface area contributed by atoms with Crippen molar-refractivity contribution in [1.29, 1.82) is 0 Å². The molecule has 0 spiro atoms. The molecular weight excluding hydrogens is 387 g/mol. The van der Waals surface area contributed by atoms with E-state index in [1.165, 1.54) is 0 Å². The first kappa shape index (κ1) is 20.1. The summed E-state index contributed by atoms with van der Waals surface area (Å²) in [6, 6.07) is 25.0. The molecule has 136 valence electrons. The van der Waals surface area contributed by atoms with Crippen LogP contribution in [0.1, 0.15) is 20.7 Å². The molecule has 0 N–H and O–H groups in total. The number of hydrogen-bond acceptors (Lipinski definition) is 4. The van der Waals surface area contributed by atoms with E-state index in [0.29, 0.717) is 0 Å². The number of fused-ring (bicyclic) bond motifs is 2. The van der Waals surface area contributed by atoms with Crippen molar-refractivity contribution in [3.05, 3.63) is 96.1 Å². The second-order valence-electron chi connectivity index (χ2n) is 5.63. The van der Waals surface area contributed by atoms with Gasteiger partial charge in [0.1, 0.15) is 0 Å². The van der Waals surface area contributed by atoms with Crippen LogP contribution >= 0.6 is 0 Å². The Labute approximate surface area is 166 Å². The predicted molar refractivity (Wildman–Crippen MR) is 96.6 cm³/mol. The Morgan fingerprint density at radius 2 is 0.852 bits per heavy atom. The largest absolute Gasteiger partial charge is 2.00 e. The van der Waals surface area contributed by atoms with E-state index >= 15 is 0 Å². The van der Waals surface area contributed by atoms with Gasteiger partial charge in [-0.05, 0) is 21.5 Å². The molecule has 0 bridgehead atoms. The van der Waals surface area contributed by atoms with Gasteiger partial charge in [-0.15, -0.1) is 0 Å². The van der Waals surface area contributed by atoms with E-state index in [0.717, 1.165) is 21.5 Å². The second-order valence-corrected chi connectivity index (χ2v) is 5.63. The zero-order chi connectivity index (χ0) is 18.5. The molecule has 0 amide bonds. The van der Waals surface area contributed by atoms with Crippen molar-refractivity contribution in [3.63, 3.8) is 0 Å². The minimum absolute atomic E-state index is 0. The first-order valence-corrected chi connectivity index (χ1v) is 7.96. The molecular formula is C22H14NiO4. The Hall–Kier alpha value is -3.17. The zero-order valence-corrected chi connectivity index (χ0v) is 15.0. The van der Waals surface area contributed by atoms with Crippen molar-refractivity contribution in [1.82, 2.24) is 0 Å². The Morgan fingerprint density at radius 1 is 0.519 bits per heavy atom. The van der Waals surface area contributed by atoms with Gasteiger partial charge in [0.05, 0.1) is 11.9 Å². The van der Waals surface area contributed by atoms with Crippen LogP contribution in [0.25, 0.3) is 21.5 Å². The minimum Gasteiger partial charge on any atom is -0.545 e. The Kier molecular flexibility index (Phi) is 6.69. The molecule has 0 heterocycles. The van der Waals surface area contributed by atoms with Crippen LogP contribution in [0.15, 0.2) is 84.9 Å². The number of aromatic carboxylic acids is 2. The number of carbonyl (C=O) groups excluding carboxylic acids is 2. The third-order valence-corrected chi connectivity index (χ3v) is 4.02. The first-order valence-electron chi connectivity index (χ1n) is 7.96. The van der Waals surface area contributed by atoms with Crippen LogP contribution in [0.5, 0.6) is 0 Å². The molecule has 0 unspecified atom stereocenters. The van der Waals surface area contributed by atoms with Crippen LogP contribution in [0, 0.1) is 0 Å². The minimum atomic E-state index is -1.13. The fourth-order valence-corrected chi connectivity index (χ4v) is 2.81. The summed E-state index contributed by atoms with van der Waals surface area (Å²) >= 11 is 0. The molecule has 4 aromatic carbocycles. The van der Waals surface area contributed by atoms with Gasteiger partial charge in [0.2, 0.25) is 0 Å². The van der Waals surface area contributed by atoms with Crippen molar-refractivity contribution >= 4 is 33.5 Å². The second kappa shape index (κ2) is 8.97. The molecule has 0 saturated heterocycles. The van der Waals surface area contributed by atoms with Gasteiger partial charge in [-0.25, -0.2) is 0 Å². The summed E-state index contributed by atoms with van der Waals surface area (Å²) in [7, 11) is 0. The molecule has 27 heavy (non-hydrogen) atoms. The number of hydrogen-bond donors (Lipinski definition) is 0. The average molecular weight is 401 g/mol. The van der Waals surface area contributed by atoms with Gasteiger partial charge in [0.15, 0.2) is 0 Å². The number of carboxylic acids is 2. The fourth-order valence-electron chi connectivity index (χ4n) is 2.81. The van der Waals surface area contributed by atoms with E-state index in [9.17, 15) is 19.8 Å². The fraction of sp³-hybridized carbons (Fsp3) is 0. The van der Waals surface area contributed by atoms with Crippen LogP contribution in [-0.2, 0) is 16.5 Å². The van der Waals surface area contributed by atoms with Crippen molar-refractivity contribution in [3.8, 4) is 0 Å². The molecule has 0 saturated carbocycles. The van der Waals surface area contributed by atoms with Gasteiger partial charge >= 0.3 is 16.5 Å². The van der Waals surface area contributed by atoms with E-state index in [1.54, 1.807) is 36.4 Å². The van der Waals surface area contributed by atoms with Crippen LogP contribution < -0.4 is 10.2 Å². The third kappa shape index (κ3) is 4.52. The first-order chi connectivity index (χ1) is 12.6. The van der Waals surface area contributed by atoms with Crippen LogP contribution in [0.2, 0.25) is 0 Å². The van der Waals surface area contributed by atoms with E-state index in [-0.39, 0.29) is 27.6 Å². The van der Waals surface area contributed by atoms with E-state index < -0.39 is 11.9 Å². The summed E-state index contributed by atoms with van der Waals surface area (Å²) in [4.78, 5) is 21.4. The predicted octanol–water partition coefficient (Wildman–Crippen LogP) is 2.40. The van der Waals surface area contributed by atoms with Crippen LogP contribution in [0.4, 0.5) is 0 Å². The molecule has 4 rings (SSSR count). The van der Waals surface area contributed by atoms with Gasteiger partial charge in [-0.3, -0.25) is 0 Å². The zero-order valence-electron chi connectivity index (χ0n) is 14.0. The molecule has 0 aliphatic rings. The molecule has 4 aromatic rings. The molecule has 0 aliphatic heterocycles. The van der Waals surface area contributed by atoms with Crippen LogP contribution in [0.3, 0.4) is 0 Å². The smallest absolute Gasteiger partial charge is 0.545 e. The van der Waals surface area contributed by atoms with E-state index in [1.807, 2.05) is 48.5 Å². The Balaban J connectivity index is 0.000000187. The molecule has 0 radical (unpaired) electrons. The van der Waals surface area contributed by atoms with Gasteiger partial charge in [0.25, 0.3) is 0 Å². The standard InChI is InChI=1S/2C11H8O2.Ni/c2*12-11(13)10-7-3-5-8-4-1-2-6-9(8)10;/h2*1-7H,(H,12,13);/q;;+2/p-2. The van der Waals surface area contributed by atoms with Gasteiger partial charge in [0, 0.05) is 11.1 Å². The maximum absolute atomic E-state index is 10.7. The topological polar surface area (TPSA) is 80.3 Å². The summed E-state index contributed by atoms with van der Waals surface area (Å²) < 4.78 is 0. The number of carboxylic acid groups (broad SMARTS) is 2. The summed E-state index contributed by atoms with van der Waals surface area (Å²) in [5, 5.41) is 24.7. The third-order valence-electron chi connectivity index (χ3n) is 4.02. The molecule has 4 nitrogen and oxygen atoms in total. The summed E-state index contributed by atoms with van der Waals surface area (Å²) in [6.07, 6.45) is 0. The Morgan fingerprint density at radius 3 is 1.22 bits per heavy atom. The number of carbonyl (C=O) groups is 2. The van der Waals surface area contributed by atoms with Crippen molar-refractivity contribution in [2.45, 2.75) is 0 Å². The molecule has 5 heteroatoms. The Bertz CT molecular complexity index is 1010. The van der Waals surface area contributed by atoms with Gasteiger partial charge in [-0.1, -0.05) is 84.9 Å². The van der Waals surface area contributed by atoms with Gasteiger partial charge in [-0.2, -0.15) is 0 Å². The van der Waals surface area contributed by atoms with Crippen molar-refractivity contribution < 1.29 is 36.3 Å². The summed E-state index contributed by atoms with van der Waals surface area (Å²) in [5.74, 6) is -2.26. The van der Waals surface area contributed by atoms with E-state index in [2.05, 4.69) is 0 Å². The van der Waals surface area contributed by atoms with E-state index in [4.69, 9.17) is 0 Å². The maximum atomic E-state index is 10.7. The molecule has 0 fully saturated rings. The quantitative estimate of drug-likeness (QED) is 0.484. The maximum Gasteiger partial charge on any atom is 2.00 e. The van der Waals surface area contributed by atoms with Gasteiger partial charge < -0.3 is 19.8 Å². The molecule has 0 atom stereocenters. The molecule has 0 aromatic heterocycles. The van der Waals surface area contributed by atoms with Crippen molar-refractivity contribution in [2.24, 2.45) is 0 Å². The number of benzene rings is 4. The molecule has 0 aliphatic carbocycles. The average Bonchev–Trinajstić information content (AvgIpc) is 2.67. The normalized spacial score (nSPS) is 9.78. The summed E-state index contributed by atoms with van der Waals surface area (Å²) in [5.41, 5.74) is 0.496. The van der Waals surface area contributed by atoms with Crippen LogP contribution in [-0.4, -0.2) is 11.9 Å².